The molecule has 0 aromatic heterocycles. The summed E-state index contributed by atoms with van der Waals surface area (Å²) in [6.45, 7) is 2.63. The molecule has 0 aliphatic carbocycles. The Morgan fingerprint density at radius 1 is 0.842 bits per heavy atom. The van der Waals surface area contributed by atoms with Gasteiger partial charge in [0.25, 0.3) is 0 Å². The highest BCUT2D eigenvalue weighted by atomic mass is 19.1. The van der Waals surface area contributed by atoms with Crippen LogP contribution in [0.4, 0.5) is 4.39 Å². The zero-order valence-electron chi connectivity index (χ0n) is 21.9. The lowest BCUT2D eigenvalue weighted by Crippen LogP contribution is -2.50. The highest BCUT2D eigenvalue weighted by Gasteiger charge is 2.30. The topological polar surface area (TPSA) is 49.4 Å². The number of amides is 2. The molecule has 1 N–H and O–H groups in total. The molecule has 0 saturated carbocycles. The number of nitrogens with zero attached hydrogens (tertiary/aromatic N) is 1. The number of benzene rings is 4. The predicted octanol–water partition coefficient (Wildman–Crippen LogP) is 6.47. The zero-order valence-corrected chi connectivity index (χ0v) is 21.9. The Bertz CT molecular complexity index is 1350. The van der Waals surface area contributed by atoms with Gasteiger partial charge in [-0.3, -0.25) is 9.59 Å². The van der Waals surface area contributed by atoms with Crippen molar-refractivity contribution in [3.8, 4) is 0 Å². The van der Waals surface area contributed by atoms with Crippen LogP contribution in [-0.4, -0.2) is 29.3 Å². The molecule has 0 aliphatic heterocycles. The van der Waals surface area contributed by atoms with Crippen LogP contribution >= 0.6 is 0 Å². The van der Waals surface area contributed by atoms with Crippen LogP contribution in [0.5, 0.6) is 0 Å². The fourth-order valence-corrected chi connectivity index (χ4v) is 4.77. The number of aryl methyl sites for hydroxylation is 1. The zero-order chi connectivity index (χ0) is 26.7. The molecule has 4 nitrogen and oxygen atoms in total. The number of carbonyl (C=O) groups is 2. The Labute approximate surface area is 224 Å². The molecule has 0 heterocycles. The van der Waals surface area contributed by atoms with Crippen molar-refractivity contribution in [2.45, 2.75) is 51.6 Å². The van der Waals surface area contributed by atoms with Gasteiger partial charge < -0.3 is 10.2 Å². The molecule has 1 atom stereocenters. The minimum absolute atomic E-state index is 0.0275. The summed E-state index contributed by atoms with van der Waals surface area (Å²) in [5.41, 5.74) is 2.42. The first-order valence-corrected chi connectivity index (χ1v) is 13.4. The number of unbranched alkanes of at least 4 members (excludes halogenated alkanes) is 1. The standard InChI is InChI=1S/C33H35FN2O2/c1-2-3-22-35-33(38)31(23-25-12-5-4-6-13-25)36(24-28-15-8-10-19-30(28)34)32(37)21-20-27-17-11-16-26-14-7-9-18-29(26)27/h4-19,31H,2-3,20-24H2,1H3,(H,35,38). The van der Waals surface area contributed by atoms with E-state index >= 15 is 0 Å². The van der Waals surface area contributed by atoms with Crippen LogP contribution in [0.25, 0.3) is 10.8 Å². The summed E-state index contributed by atoms with van der Waals surface area (Å²) >= 11 is 0. The van der Waals surface area contributed by atoms with Gasteiger partial charge >= 0.3 is 0 Å². The van der Waals surface area contributed by atoms with Gasteiger partial charge in [0.15, 0.2) is 0 Å². The lowest BCUT2D eigenvalue weighted by Gasteiger charge is -2.32. The van der Waals surface area contributed by atoms with E-state index in [1.807, 2.05) is 54.6 Å². The van der Waals surface area contributed by atoms with Crippen molar-refractivity contribution in [1.29, 1.82) is 0 Å². The molecule has 4 rings (SSSR count). The molecule has 38 heavy (non-hydrogen) atoms. The SMILES string of the molecule is CCCCNC(=O)C(Cc1ccccc1)N(Cc1ccccc1F)C(=O)CCc1cccc2ccccc12. The molecule has 0 saturated heterocycles. The molecule has 0 aliphatic rings. The maximum Gasteiger partial charge on any atom is 0.243 e. The number of hydrogen-bond acceptors (Lipinski definition) is 2. The summed E-state index contributed by atoms with van der Waals surface area (Å²) in [5, 5.41) is 5.25. The molecule has 196 valence electrons. The van der Waals surface area contributed by atoms with Gasteiger partial charge in [0, 0.05) is 31.5 Å². The Hall–Kier alpha value is -3.99. The van der Waals surface area contributed by atoms with Crippen LogP contribution in [-0.2, 0) is 29.0 Å². The van der Waals surface area contributed by atoms with E-state index in [4.69, 9.17) is 0 Å². The first kappa shape index (κ1) is 27.1. The normalized spacial score (nSPS) is 11.7. The Morgan fingerprint density at radius 2 is 1.53 bits per heavy atom. The quantitative estimate of drug-likeness (QED) is 0.222. The molecule has 1 unspecified atom stereocenters. The van der Waals surface area contributed by atoms with E-state index in [-0.39, 0.29) is 30.6 Å². The summed E-state index contributed by atoms with van der Waals surface area (Å²) in [5.74, 6) is -0.769. The largest absolute Gasteiger partial charge is 0.354 e. The molecule has 0 spiro atoms. The minimum atomic E-state index is -0.756. The molecule has 0 bridgehead atoms. The van der Waals surface area contributed by atoms with Crippen LogP contribution in [0.15, 0.2) is 97.1 Å². The highest BCUT2D eigenvalue weighted by Crippen LogP contribution is 2.22. The third-order valence-corrected chi connectivity index (χ3v) is 6.89. The average Bonchev–Trinajstić information content (AvgIpc) is 2.95. The minimum Gasteiger partial charge on any atom is -0.354 e. The Kier molecular flexibility index (Phi) is 9.63. The number of carbonyl (C=O) groups excluding carboxylic acids is 2. The fourth-order valence-electron chi connectivity index (χ4n) is 4.77. The number of fused-ring (bicyclic) bond motifs is 1. The average molecular weight is 511 g/mol. The van der Waals surface area contributed by atoms with Gasteiger partial charge in [-0.15, -0.1) is 0 Å². The monoisotopic (exact) mass is 510 g/mol. The first-order chi connectivity index (χ1) is 18.6. The maximum absolute atomic E-state index is 14.7. The lowest BCUT2D eigenvalue weighted by atomic mass is 9.99. The van der Waals surface area contributed by atoms with Crippen LogP contribution in [0, 0.1) is 5.82 Å². The van der Waals surface area contributed by atoms with E-state index in [0.717, 1.165) is 34.7 Å². The van der Waals surface area contributed by atoms with Gasteiger partial charge in [-0.1, -0.05) is 104 Å². The molecule has 4 aromatic carbocycles. The van der Waals surface area contributed by atoms with Crippen molar-refractivity contribution < 1.29 is 14.0 Å². The van der Waals surface area contributed by atoms with Gasteiger partial charge in [-0.25, -0.2) is 4.39 Å². The van der Waals surface area contributed by atoms with E-state index in [1.54, 1.807) is 23.1 Å². The van der Waals surface area contributed by atoms with Crippen molar-refractivity contribution in [1.82, 2.24) is 10.2 Å². The van der Waals surface area contributed by atoms with Crippen LogP contribution in [0.3, 0.4) is 0 Å². The maximum atomic E-state index is 14.7. The number of hydrogen-bond donors (Lipinski definition) is 1. The van der Waals surface area contributed by atoms with Gasteiger partial charge in [-0.2, -0.15) is 0 Å². The van der Waals surface area contributed by atoms with E-state index in [9.17, 15) is 14.0 Å². The third kappa shape index (κ3) is 7.06. The number of halogens is 1. The molecule has 2 amide bonds. The van der Waals surface area contributed by atoms with Gasteiger partial charge in [0.05, 0.1) is 0 Å². The van der Waals surface area contributed by atoms with Crippen LogP contribution < -0.4 is 5.32 Å². The summed E-state index contributed by atoms with van der Waals surface area (Å²) in [6, 6.07) is 29.6. The molecule has 0 radical (unpaired) electrons. The predicted molar refractivity (Wildman–Crippen MR) is 151 cm³/mol. The molecule has 5 heteroatoms. The molecular formula is C33H35FN2O2. The lowest BCUT2D eigenvalue weighted by molar-refractivity contribution is -0.141. The van der Waals surface area contributed by atoms with Crippen molar-refractivity contribution in [3.63, 3.8) is 0 Å². The smallest absolute Gasteiger partial charge is 0.243 e. The van der Waals surface area contributed by atoms with Crippen LogP contribution in [0.1, 0.15) is 42.9 Å². The third-order valence-electron chi connectivity index (χ3n) is 6.89. The summed E-state index contributed by atoms with van der Waals surface area (Å²) in [4.78, 5) is 28.9. The van der Waals surface area contributed by atoms with Crippen molar-refractivity contribution in [3.05, 3.63) is 120 Å². The van der Waals surface area contributed by atoms with E-state index in [2.05, 4.69) is 30.4 Å². The van der Waals surface area contributed by atoms with Gasteiger partial charge in [-0.05, 0) is 40.8 Å². The van der Waals surface area contributed by atoms with Gasteiger partial charge in [0.2, 0.25) is 11.8 Å². The van der Waals surface area contributed by atoms with E-state index in [0.29, 0.717) is 24.9 Å². The summed E-state index contributed by atoms with van der Waals surface area (Å²) < 4.78 is 14.7. The molecule has 4 aromatic rings. The van der Waals surface area contributed by atoms with E-state index < -0.39 is 6.04 Å². The summed E-state index contributed by atoms with van der Waals surface area (Å²) in [6.07, 6.45) is 2.91. The van der Waals surface area contributed by atoms with Gasteiger partial charge in [0.1, 0.15) is 11.9 Å². The highest BCUT2D eigenvalue weighted by molar-refractivity contribution is 5.89. The number of nitrogens with one attached hydrogen (secondary N) is 1. The fraction of sp³-hybridized carbons (Fsp3) is 0.273. The van der Waals surface area contributed by atoms with Crippen molar-refractivity contribution >= 4 is 22.6 Å². The second kappa shape index (κ2) is 13.5. The van der Waals surface area contributed by atoms with E-state index in [1.165, 1.54) is 6.07 Å². The Morgan fingerprint density at radius 3 is 2.32 bits per heavy atom. The summed E-state index contributed by atoms with van der Waals surface area (Å²) in [7, 11) is 0. The Balaban J connectivity index is 1.63. The van der Waals surface area contributed by atoms with Crippen molar-refractivity contribution in [2.75, 3.05) is 6.54 Å². The number of rotatable bonds is 12. The first-order valence-electron chi connectivity index (χ1n) is 13.4. The molecule has 0 fully saturated rings. The second-order valence-corrected chi connectivity index (χ2v) is 9.60. The van der Waals surface area contributed by atoms with Crippen molar-refractivity contribution in [2.24, 2.45) is 0 Å². The van der Waals surface area contributed by atoms with Crippen LogP contribution in [0.2, 0.25) is 0 Å². The second-order valence-electron chi connectivity index (χ2n) is 9.60. The molecular weight excluding hydrogens is 475 g/mol.